The van der Waals surface area contributed by atoms with Crippen LogP contribution in [0.3, 0.4) is 0 Å². The quantitative estimate of drug-likeness (QED) is 0.582. The average molecular weight is 378 g/mol. The number of aliphatic carboxylic acids is 1. The van der Waals surface area contributed by atoms with E-state index in [1.165, 1.54) is 11.4 Å². The Morgan fingerprint density at radius 3 is 2.40 bits per heavy atom. The van der Waals surface area contributed by atoms with E-state index in [4.69, 9.17) is 9.84 Å². The van der Waals surface area contributed by atoms with Crippen molar-refractivity contribution in [3.63, 3.8) is 0 Å². The topological polar surface area (TPSA) is 113 Å². The number of carbonyl (C=O) groups is 2. The third-order valence-corrected chi connectivity index (χ3v) is 6.36. The lowest BCUT2D eigenvalue weighted by Crippen LogP contribution is -2.54. The number of nitrogens with one attached hydrogen (secondary N) is 1. The minimum Gasteiger partial charge on any atom is -0.481 e. The first kappa shape index (κ1) is 21.9. The molecule has 9 heteroatoms. The summed E-state index contributed by atoms with van der Waals surface area (Å²) in [5.41, 5.74) is -0.984. The maximum Gasteiger partial charge on any atom is 0.305 e. The number of sulfonamides is 1. The minimum atomic E-state index is -3.25. The van der Waals surface area contributed by atoms with E-state index in [-0.39, 0.29) is 30.6 Å². The van der Waals surface area contributed by atoms with E-state index in [1.807, 2.05) is 6.92 Å². The van der Waals surface area contributed by atoms with Crippen molar-refractivity contribution >= 4 is 21.9 Å². The average Bonchev–Trinajstić information content (AvgIpc) is 2.52. The van der Waals surface area contributed by atoms with Gasteiger partial charge in [-0.3, -0.25) is 9.59 Å². The molecule has 1 unspecified atom stereocenters. The molecule has 25 heavy (non-hydrogen) atoms. The summed E-state index contributed by atoms with van der Waals surface area (Å²) < 4.78 is 30.9. The number of unbranched alkanes of at least 4 members (excludes halogenated alkanes) is 1. The summed E-state index contributed by atoms with van der Waals surface area (Å²) >= 11 is 0. The third kappa shape index (κ3) is 6.91. The zero-order chi connectivity index (χ0) is 19.1. The summed E-state index contributed by atoms with van der Waals surface area (Å²) in [6, 6.07) is 0. The van der Waals surface area contributed by atoms with E-state index < -0.39 is 21.5 Å². The predicted molar refractivity (Wildman–Crippen MR) is 93.7 cm³/mol. The Balaban J connectivity index is 2.61. The molecule has 0 aromatic carbocycles. The van der Waals surface area contributed by atoms with E-state index in [0.717, 1.165) is 6.42 Å². The number of carboxylic acid groups (broad SMARTS) is 1. The number of hydrogen-bond acceptors (Lipinski definition) is 5. The molecule has 0 bridgehead atoms. The first-order valence-electron chi connectivity index (χ1n) is 8.64. The molecule has 8 nitrogen and oxygen atoms in total. The smallest absolute Gasteiger partial charge is 0.305 e. The van der Waals surface area contributed by atoms with E-state index in [1.54, 1.807) is 6.92 Å². The number of piperidine rings is 1. The molecule has 146 valence electrons. The third-order valence-electron chi connectivity index (χ3n) is 4.40. The Hall–Kier alpha value is -1.19. The van der Waals surface area contributed by atoms with Gasteiger partial charge >= 0.3 is 5.97 Å². The first-order valence-corrected chi connectivity index (χ1v) is 10.2. The van der Waals surface area contributed by atoms with Crippen molar-refractivity contribution in [3.05, 3.63) is 0 Å². The van der Waals surface area contributed by atoms with Gasteiger partial charge in [-0.1, -0.05) is 13.3 Å². The fourth-order valence-corrected chi connectivity index (χ4v) is 4.71. The number of rotatable bonds is 10. The Morgan fingerprint density at radius 1 is 1.32 bits per heavy atom. The van der Waals surface area contributed by atoms with Crippen LogP contribution in [0.25, 0.3) is 0 Å². The fourth-order valence-electron chi connectivity index (χ4n) is 3.04. The Morgan fingerprint density at radius 2 is 1.92 bits per heavy atom. The molecular weight excluding hydrogens is 348 g/mol. The molecule has 1 amide bonds. The number of carboxylic acids is 1. The van der Waals surface area contributed by atoms with Crippen molar-refractivity contribution in [1.82, 2.24) is 9.62 Å². The zero-order valence-electron chi connectivity index (χ0n) is 15.3. The standard InChI is InChI=1S/C16H30N2O6S/c1-4-5-10-25(22,23)18-8-6-13(7-9-18)15(21)17-16(2,12-24-3)11-14(19)20/h13H,4-12H2,1-3H3,(H,17,21)(H,19,20). The molecule has 1 fully saturated rings. The van der Waals surface area contributed by atoms with Gasteiger partial charge < -0.3 is 15.2 Å². The summed E-state index contributed by atoms with van der Waals surface area (Å²) in [4.78, 5) is 23.5. The molecule has 0 radical (unpaired) electrons. The van der Waals surface area contributed by atoms with Crippen LogP contribution in [0.1, 0.15) is 46.0 Å². The van der Waals surface area contributed by atoms with Crippen molar-refractivity contribution in [3.8, 4) is 0 Å². The van der Waals surface area contributed by atoms with Crippen LogP contribution < -0.4 is 5.32 Å². The van der Waals surface area contributed by atoms with E-state index >= 15 is 0 Å². The highest BCUT2D eigenvalue weighted by molar-refractivity contribution is 7.89. The highest BCUT2D eigenvalue weighted by Gasteiger charge is 2.35. The Labute approximate surface area is 150 Å². The zero-order valence-corrected chi connectivity index (χ0v) is 16.1. The number of hydrogen-bond donors (Lipinski definition) is 2. The monoisotopic (exact) mass is 378 g/mol. The minimum absolute atomic E-state index is 0.0925. The second-order valence-corrected chi connectivity index (χ2v) is 8.98. The second kappa shape index (κ2) is 9.49. The van der Waals surface area contributed by atoms with Gasteiger partial charge in [0.05, 0.1) is 24.3 Å². The molecular formula is C16H30N2O6S. The summed E-state index contributed by atoms with van der Waals surface area (Å²) in [6.07, 6.45) is 2.09. The molecule has 0 aromatic heterocycles. The van der Waals surface area contributed by atoms with Crippen molar-refractivity contribution < 1.29 is 27.9 Å². The summed E-state index contributed by atoms with van der Waals surface area (Å²) in [7, 11) is -1.80. The summed E-state index contributed by atoms with van der Waals surface area (Å²) in [5.74, 6) is -1.43. The lowest BCUT2D eigenvalue weighted by atomic mass is 9.93. The van der Waals surface area contributed by atoms with Gasteiger partial charge in [0.25, 0.3) is 0 Å². The number of amides is 1. The van der Waals surface area contributed by atoms with Crippen LogP contribution >= 0.6 is 0 Å². The van der Waals surface area contributed by atoms with Crippen LogP contribution in [0.2, 0.25) is 0 Å². The molecule has 1 atom stereocenters. The van der Waals surface area contributed by atoms with Gasteiger partial charge in [-0.15, -0.1) is 0 Å². The Bertz CT molecular complexity index is 557. The highest BCUT2D eigenvalue weighted by Crippen LogP contribution is 2.22. The highest BCUT2D eigenvalue weighted by atomic mass is 32.2. The predicted octanol–water partition coefficient (Wildman–Crippen LogP) is 0.824. The largest absolute Gasteiger partial charge is 0.481 e. The lowest BCUT2D eigenvalue weighted by molar-refractivity contribution is -0.140. The molecule has 0 saturated carbocycles. The fraction of sp³-hybridized carbons (Fsp3) is 0.875. The summed E-state index contributed by atoms with van der Waals surface area (Å²) in [6.45, 7) is 4.32. The maximum atomic E-state index is 12.5. The SMILES string of the molecule is CCCCS(=O)(=O)N1CCC(C(=O)NC(C)(COC)CC(=O)O)CC1. The van der Waals surface area contributed by atoms with Gasteiger partial charge in [-0.05, 0) is 26.2 Å². The van der Waals surface area contributed by atoms with Crippen molar-refractivity contribution in [1.29, 1.82) is 0 Å². The van der Waals surface area contributed by atoms with E-state index in [2.05, 4.69) is 5.32 Å². The van der Waals surface area contributed by atoms with Crippen LogP contribution in [-0.2, 0) is 24.3 Å². The van der Waals surface area contributed by atoms with Gasteiger partial charge in [-0.25, -0.2) is 12.7 Å². The molecule has 1 aliphatic heterocycles. The summed E-state index contributed by atoms with van der Waals surface area (Å²) in [5, 5.41) is 11.8. The molecule has 0 aromatic rings. The van der Waals surface area contributed by atoms with Gasteiger partial charge in [-0.2, -0.15) is 0 Å². The van der Waals surface area contributed by atoms with Crippen molar-refractivity contribution in [2.75, 3.05) is 32.6 Å². The van der Waals surface area contributed by atoms with Gasteiger partial charge in [0.2, 0.25) is 15.9 Å². The van der Waals surface area contributed by atoms with Crippen molar-refractivity contribution in [2.45, 2.75) is 51.5 Å². The van der Waals surface area contributed by atoms with Crippen LogP contribution in [-0.4, -0.2) is 67.8 Å². The molecule has 1 rings (SSSR count). The van der Waals surface area contributed by atoms with Crippen LogP contribution in [0.15, 0.2) is 0 Å². The number of methoxy groups -OCH3 is 1. The molecule has 1 heterocycles. The van der Waals surface area contributed by atoms with E-state index in [0.29, 0.717) is 32.4 Å². The van der Waals surface area contributed by atoms with Crippen molar-refractivity contribution in [2.24, 2.45) is 5.92 Å². The first-order chi connectivity index (χ1) is 11.6. The molecule has 1 saturated heterocycles. The van der Waals surface area contributed by atoms with Gasteiger partial charge in [0.15, 0.2) is 0 Å². The maximum absolute atomic E-state index is 12.5. The van der Waals surface area contributed by atoms with Gasteiger partial charge in [0.1, 0.15) is 0 Å². The number of carbonyl (C=O) groups excluding carboxylic acids is 1. The molecule has 0 aliphatic carbocycles. The second-order valence-electron chi connectivity index (χ2n) is 6.90. The molecule has 1 aliphatic rings. The number of ether oxygens (including phenoxy) is 1. The normalized spacial score (nSPS) is 19.3. The van der Waals surface area contributed by atoms with Gasteiger partial charge in [0, 0.05) is 26.1 Å². The molecule has 0 spiro atoms. The van der Waals surface area contributed by atoms with Crippen LogP contribution in [0.5, 0.6) is 0 Å². The van der Waals surface area contributed by atoms with Crippen LogP contribution in [0.4, 0.5) is 0 Å². The lowest BCUT2D eigenvalue weighted by Gasteiger charge is -2.34. The number of nitrogens with zero attached hydrogens (tertiary/aromatic N) is 1. The molecule has 2 N–H and O–H groups in total. The van der Waals surface area contributed by atoms with E-state index in [9.17, 15) is 18.0 Å². The van der Waals surface area contributed by atoms with Crippen LogP contribution in [0, 0.1) is 5.92 Å². The Kier molecular flexibility index (Phi) is 8.30.